The van der Waals surface area contributed by atoms with Gasteiger partial charge in [-0.15, -0.1) is 5.06 Å². The van der Waals surface area contributed by atoms with E-state index in [0.717, 1.165) is 0 Å². The molecule has 7 nitrogen and oxygen atoms in total. The fourth-order valence-corrected chi connectivity index (χ4v) is 2.19. The van der Waals surface area contributed by atoms with Crippen molar-refractivity contribution in [3.8, 4) is 0 Å². The normalized spacial score (nSPS) is 17.2. The molecule has 1 aliphatic heterocycles. The van der Waals surface area contributed by atoms with Gasteiger partial charge >= 0.3 is 11.9 Å². The molecule has 0 radical (unpaired) electrons. The lowest BCUT2D eigenvalue weighted by Gasteiger charge is -2.30. The Labute approximate surface area is 136 Å². The highest BCUT2D eigenvalue weighted by Gasteiger charge is 2.38. The maximum Gasteiger partial charge on any atom is 0.336 e. The van der Waals surface area contributed by atoms with Crippen LogP contribution >= 0.6 is 0 Å². The van der Waals surface area contributed by atoms with E-state index < -0.39 is 40.7 Å². The van der Waals surface area contributed by atoms with Crippen molar-refractivity contribution in [1.29, 1.82) is 0 Å². The first-order valence-corrected chi connectivity index (χ1v) is 7.64. The van der Waals surface area contributed by atoms with Crippen molar-refractivity contribution in [2.24, 2.45) is 11.3 Å². The highest BCUT2D eigenvalue weighted by atomic mass is 16.7. The molecule has 0 aliphatic carbocycles. The fourth-order valence-electron chi connectivity index (χ4n) is 2.19. The maximum absolute atomic E-state index is 12.2. The smallest absolute Gasteiger partial charge is 0.336 e. The predicted octanol–water partition coefficient (Wildman–Crippen LogP) is 1.99. The third kappa shape index (κ3) is 5.33. The van der Waals surface area contributed by atoms with Crippen molar-refractivity contribution in [2.75, 3.05) is 0 Å². The Balaban J connectivity index is 2.64. The number of hydrogen-bond donors (Lipinski definition) is 0. The maximum atomic E-state index is 12.2. The number of amides is 2. The molecule has 2 amide bonds. The van der Waals surface area contributed by atoms with Gasteiger partial charge in [-0.1, -0.05) is 6.92 Å². The van der Waals surface area contributed by atoms with E-state index in [0.29, 0.717) is 5.06 Å². The molecule has 1 unspecified atom stereocenters. The molecule has 0 spiro atoms. The summed E-state index contributed by atoms with van der Waals surface area (Å²) in [7, 11) is 0. The van der Waals surface area contributed by atoms with Gasteiger partial charge in [0.05, 0.1) is 11.3 Å². The Morgan fingerprint density at radius 1 is 1.09 bits per heavy atom. The van der Waals surface area contributed by atoms with E-state index in [2.05, 4.69) is 0 Å². The third-order valence-electron chi connectivity index (χ3n) is 3.36. The monoisotopic (exact) mass is 327 g/mol. The summed E-state index contributed by atoms with van der Waals surface area (Å²) in [4.78, 5) is 52.0. The molecule has 7 heteroatoms. The van der Waals surface area contributed by atoms with E-state index in [1.165, 1.54) is 0 Å². The van der Waals surface area contributed by atoms with Crippen LogP contribution in [0.2, 0.25) is 0 Å². The summed E-state index contributed by atoms with van der Waals surface area (Å²) in [5.74, 6) is -2.86. The Morgan fingerprint density at radius 3 is 2.00 bits per heavy atom. The van der Waals surface area contributed by atoms with E-state index in [-0.39, 0.29) is 19.3 Å². The molecule has 130 valence electrons. The van der Waals surface area contributed by atoms with Gasteiger partial charge < -0.3 is 9.57 Å². The van der Waals surface area contributed by atoms with Gasteiger partial charge in [0.15, 0.2) is 0 Å². The van der Waals surface area contributed by atoms with E-state index in [1.54, 1.807) is 41.5 Å². The van der Waals surface area contributed by atoms with Gasteiger partial charge in [-0.3, -0.25) is 14.4 Å². The third-order valence-corrected chi connectivity index (χ3v) is 3.36. The second-order valence-corrected chi connectivity index (χ2v) is 7.48. The van der Waals surface area contributed by atoms with Gasteiger partial charge in [-0.05, 0) is 41.0 Å². The Kier molecular flexibility index (Phi) is 5.56. The van der Waals surface area contributed by atoms with Gasteiger partial charge in [-0.2, -0.15) is 0 Å². The van der Waals surface area contributed by atoms with Crippen LogP contribution in [0.3, 0.4) is 0 Å². The number of carbonyl (C=O) groups excluding carboxylic acids is 4. The number of rotatable bonds is 5. The highest BCUT2D eigenvalue weighted by molar-refractivity contribution is 6.01. The summed E-state index contributed by atoms with van der Waals surface area (Å²) in [6, 6.07) is 0. The van der Waals surface area contributed by atoms with Crippen LogP contribution in [0.1, 0.15) is 60.8 Å². The summed E-state index contributed by atoms with van der Waals surface area (Å²) in [5, 5.41) is 0.513. The molecule has 0 bridgehead atoms. The summed E-state index contributed by atoms with van der Waals surface area (Å²) in [6.45, 7) is 10.2. The van der Waals surface area contributed by atoms with Crippen LogP contribution in [-0.2, 0) is 28.8 Å². The topological polar surface area (TPSA) is 90.0 Å². The van der Waals surface area contributed by atoms with Crippen molar-refractivity contribution < 1.29 is 28.8 Å². The molecular weight excluding hydrogens is 302 g/mol. The standard InChI is InChI=1S/C16H25NO6/c1-10(9-16(5,6)14(21)22-15(2,3)4)13(20)23-17-11(18)7-8-12(17)19/h10H,7-9H2,1-6H3. The number of esters is 1. The number of carbonyl (C=O) groups is 4. The lowest BCUT2D eigenvalue weighted by Crippen LogP contribution is -2.38. The fraction of sp³-hybridized carbons (Fsp3) is 0.750. The Morgan fingerprint density at radius 2 is 1.57 bits per heavy atom. The minimum absolute atomic E-state index is 0.0455. The van der Waals surface area contributed by atoms with E-state index in [9.17, 15) is 19.2 Å². The van der Waals surface area contributed by atoms with Gasteiger partial charge in [0.2, 0.25) is 0 Å². The molecular formula is C16H25NO6. The summed E-state index contributed by atoms with van der Waals surface area (Å²) in [6.07, 6.45) is 0.269. The number of imide groups is 1. The first-order valence-electron chi connectivity index (χ1n) is 7.64. The van der Waals surface area contributed by atoms with Gasteiger partial charge in [-0.25, -0.2) is 4.79 Å². The van der Waals surface area contributed by atoms with Gasteiger partial charge in [0.25, 0.3) is 11.8 Å². The lowest BCUT2D eigenvalue weighted by molar-refractivity contribution is -0.201. The van der Waals surface area contributed by atoms with Crippen LogP contribution in [0, 0.1) is 11.3 Å². The molecule has 1 heterocycles. The molecule has 23 heavy (non-hydrogen) atoms. The number of hydroxylamine groups is 2. The number of nitrogens with zero attached hydrogens (tertiary/aromatic N) is 1. The largest absolute Gasteiger partial charge is 0.460 e. The van der Waals surface area contributed by atoms with E-state index in [4.69, 9.17) is 9.57 Å². The summed E-state index contributed by atoms with van der Waals surface area (Å²) in [5.41, 5.74) is -1.52. The molecule has 0 aromatic carbocycles. The van der Waals surface area contributed by atoms with Crippen molar-refractivity contribution in [2.45, 2.75) is 66.4 Å². The average molecular weight is 327 g/mol. The van der Waals surface area contributed by atoms with Crippen molar-refractivity contribution in [3.05, 3.63) is 0 Å². The second-order valence-electron chi connectivity index (χ2n) is 7.48. The minimum atomic E-state index is -0.898. The predicted molar refractivity (Wildman–Crippen MR) is 80.6 cm³/mol. The summed E-state index contributed by atoms with van der Waals surface area (Å²) < 4.78 is 5.34. The summed E-state index contributed by atoms with van der Waals surface area (Å²) >= 11 is 0. The molecule has 0 N–H and O–H groups in total. The first-order chi connectivity index (χ1) is 10.3. The van der Waals surface area contributed by atoms with Crippen molar-refractivity contribution in [3.63, 3.8) is 0 Å². The van der Waals surface area contributed by atoms with Gasteiger partial charge in [0.1, 0.15) is 5.60 Å². The van der Waals surface area contributed by atoms with Crippen molar-refractivity contribution >= 4 is 23.8 Å². The SMILES string of the molecule is CC(CC(C)(C)C(=O)OC(C)(C)C)C(=O)ON1C(=O)CCC1=O. The van der Waals surface area contributed by atoms with Crippen LogP contribution in [0.5, 0.6) is 0 Å². The molecule has 1 fully saturated rings. The minimum Gasteiger partial charge on any atom is -0.460 e. The average Bonchev–Trinajstić information content (AvgIpc) is 2.67. The highest BCUT2D eigenvalue weighted by Crippen LogP contribution is 2.30. The molecule has 0 aromatic rings. The zero-order valence-electron chi connectivity index (χ0n) is 14.6. The van der Waals surface area contributed by atoms with E-state index in [1.807, 2.05) is 0 Å². The van der Waals surface area contributed by atoms with Gasteiger partial charge in [0, 0.05) is 12.8 Å². The zero-order valence-corrected chi connectivity index (χ0v) is 14.6. The second kappa shape index (κ2) is 6.68. The van der Waals surface area contributed by atoms with Crippen LogP contribution in [0.25, 0.3) is 0 Å². The molecule has 1 rings (SSSR count). The number of ether oxygens (including phenoxy) is 1. The Hall–Kier alpha value is -1.92. The Bertz CT molecular complexity index is 501. The van der Waals surface area contributed by atoms with E-state index >= 15 is 0 Å². The lowest BCUT2D eigenvalue weighted by atomic mass is 9.83. The first kappa shape index (κ1) is 19.1. The quantitative estimate of drug-likeness (QED) is 0.566. The van der Waals surface area contributed by atoms with Crippen LogP contribution in [0.4, 0.5) is 0 Å². The molecule has 0 saturated carbocycles. The molecule has 0 aromatic heterocycles. The van der Waals surface area contributed by atoms with Crippen LogP contribution in [-0.4, -0.2) is 34.4 Å². The molecule has 1 atom stereocenters. The van der Waals surface area contributed by atoms with Crippen molar-refractivity contribution in [1.82, 2.24) is 5.06 Å². The van der Waals surface area contributed by atoms with Crippen LogP contribution < -0.4 is 0 Å². The number of hydrogen-bond acceptors (Lipinski definition) is 6. The molecule has 1 saturated heterocycles. The zero-order chi connectivity index (χ0) is 18.0. The van der Waals surface area contributed by atoms with Crippen LogP contribution in [0.15, 0.2) is 0 Å². The molecule has 1 aliphatic rings.